The van der Waals surface area contributed by atoms with Crippen molar-refractivity contribution >= 4 is 17.8 Å². The SMILES string of the molecule is C=CCN(CC(=O)C(CC)C(=O)O)C(=O)OCc1ccccc1. The van der Waals surface area contributed by atoms with E-state index in [-0.39, 0.29) is 26.1 Å². The number of carboxylic acids is 1. The van der Waals surface area contributed by atoms with Crippen LogP contribution in [-0.4, -0.2) is 40.9 Å². The quantitative estimate of drug-likeness (QED) is 0.558. The molecule has 1 unspecified atom stereocenters. The number of nitrogens with zero attached hydrogens (tertiary/aromatic N) is 1. The van der Waals surface area contributed by atoms with Gasteiger partial charge in [0.25, 0.3) is 0 Å². The Labute approximate surface area is 135 Å². The number of hydrogen-bond donors (Lipinski definition) is 1. The molecule has 0 aromatic heterocycles. The summed E-state index contributed by atoms with van der Waals surface area (Å²) >= 11 is 0. The van der Waals surface area contributed by atoms with Crippen molar-refractivity contribution in [2.45, 2.75) is 20.0 Å². The molecule has 0 saturated heterocycles. The molecule has 0 radical (unpaired) electrons. The molecular formula is C17H21NO5. The van der Waals surface area contributed by atoms with Gasteiger partial charge >= 0.3 is 12.1 Å². The lowest BCUT2D eigenvalue weighted by Gasteiger charge is -2.21. The highest BCUT2D eigenvalue weighted by atomic mass is 16.6. The first kappa shape index (κ1) is 18.4. The zero-order valence-corrected chi connectivity index (χ0v) is 13.1. The second kappa shape index (κ2) is 9.40. The van der Waals surface area contributed by atoms with Crippen molar-refractivity contribution in [3.63, 3.8) is 0 Å². The van der Waals surface area contributed by atoms with Gasteiger partial charge in [0.2, 0.25) is 0 Å². The zero-order chi connectivity index (χ0) is 17.2. The normalized spacial score (nSPS) is 11.3. The fourth-order valence-corrected chi connectivity index (χ4v) is 2.01. The number of carboxylic acid groups (broad SMARTS) is 1. The number of hydrogen-bond acceptors (Lipinski definition) is 4. The minimum atomic E-state index is -1.19. The van der Waals surface area contributed by atoms with Gasteiger partial charge in [-0.3, -0.25) is 14.5 Å². The van der Waals surface area contributed by atoms with Crippen molar-refractivity contribution < 1.29 is 24.2 Å². The molecule has 0 aliphatic carbocycles. The molecule has 0 spiro atoms. The van der Waals surface area contributed by atoms with Gasteiger partial charge in [0.1, 0.15) is 12.5 Å². The van der Waals surface area contributed by atoms with E-state index in [9.17, 15) is 14.4 Å². The second-order valence-corrected chi connectivity index (χ2v) is 4.97. The molecule has 23 heavy (non-hydrogen) atoms. The van der Waals surface area contributed by atoms with Crippen molar-refractivity contribution in [2.75, 3.05) is 13.1 Å². The summed E-state index contributed by atoms with van der Waals surface area (Å²) in [5.74, 6) is -2.84. The van der Waals surface area contributed by atoms with Gasteiger partial charge in [0.05, 0.1) is 6.54 Å². The van der Waals surface area contributed by atoms with Gasteiger partial charge in [0, 0.05) is 6.54 Å². The number of ketones is 1. The molecule has 0 bridgehead atoms. The number of rotatable bonds is 9. The molecule has 1 aromatic rings. The number of amides is 1. The lowest BCUT2D eigenvalue weighted by atomic mass is 10.0. The molecule has 1 N–H and O–H groups in total. The third kappa shape index (κ3) is 5.94. The minimum Gasteiger partial charge on any atom is -0.481 e. The van der Waals surface area contributed by atoms with Crippen molar-refractivity contribution in [1.29, 1.82) is 0 Å². The maximum Gasteiger partial charge on any atom is 0.410 e. The molecule has 124 valence electrons. The monoisotopic (exact) mass is 319 g/mol. The average Bonchev–Trinajstić information content (AvgIpc) is 2.53. The van der Waals surface area contributed by atoms with Crippen LogP contribution in [0.4, 0.5) is 4.79 Å². The summed E-state index contributed by atoms with van der Waals surface area (Å²) in [6.45, 7) is 5.02. The third-order valence-corrected chi connectivity index (χ3v) is 3.25. The number of carbonyl (C=O) groups excluding carboxylic acids is 2. The first-order valence-electron chi connectivity index (χ1n) is 7.31. The predicted molar refractivity (Wildman–Crippen MR) is 84.8 cm³/mol. The summed E-state index contributed by atoms with van der Waals surface area (Å²) in [7, 11) is 0. The summed E-state index contributed by atoms with van der Waals surface area (Å²) in [6, 6.07) is 9.13. The van der Waals surface area contributed by atoms with Crippen molar-refractivity contribution in [2.24, 2.45) is 5.92 Å². The molecule has 6 nitrogen and oxygen atoms in total. The van der Waals surface area contributed by atoms with E-state index in [4.69, 9.17) is 9.84 Å². The van der Waals surface area contributed by atoms with Crippen LogP contribution in [0.1, 0.15) is 18.9 Å². The van der Waals surface area contributed by atoms with E-state index >= 15 is 0 Å². The molecule has 1 aromatic carbocycles. The van der Waals surface area contributed by atoms with Crippen molar-refractivity contribution in [3.8, 4) is 0 Å². The topological polar surface area (TPSA) is 83.9 Å². The molecule has 0 aliphatic heterocycles. The van der Waals surface area contributed by atoms with Gasteiger partial charge < -0.3 is 9.84 Å². The Balaban J connectivity index is 2.65. The Kier molecular flexibility index (Phi) is 7.53. The van der Waals surface area contributed by atoms with E-state index < -0.39 is 23.8 Å². The molecule has 6 heteroatoms. The molecular weight excluding hydrogens is 298 g/mol. The highest BCUT2D eigenvalue weighted by Gasteiger charge is 2.27. The molecule has 0 fully saturated rings. The first-order valence-corrected chi connectivity index (χ1v) is 7.31. The van der Waals surface area contributed by atoms with Crippen LogP contribution in [0.15, 0.2) is 43.0 Å². The Morgan fingerprint density at radius 1 is 1.30 bits per heavy atom. The van der Waals surface area contributed by atoms with E-state index in [2.05, 4.69) is 6.58 Å². The van der Waals surface area contributed by atoms with Crippen LogP contribution in [0.25, 0.3) is 0 Å². The second-order valence-electron chi connectivity index (χ2n) is 4.97. The van der Waals surface area contributed by atoms with Gasteiger partial charge in [-0.05, 0) is 12.0 Å². The Bertz CT molecular complexity index is 555. The van der Waals surface area contributed by atoms with E-state index in [1.165, 1.54) is 6.08 Å². The molecule has 1 amide bonds. The van der Waals surface area contributed by atoms with Gasteiger partial charge in [-0.1, -0.05) is 43.3 Å². The maximum atomic E-state index is 12.1. The number of carbonyl (C=O) groups is 3. The molecule has 0 heterocycles. The average molecular weight is 319 g/mol. The standard InChI is InChI=1S/C17H21NO5/c1-3-10-18(11-15(19)14(4-2)16(20)21)17(22)23-12-13-8-6-5-7-9-13/h3,5-9,14H,1,4,10-12H2,2H3,(H,20,21). The first-order chi connectivity index (χ1) is 11.0. The molecule has 1 atom stereocenters. The van der Waals surface area contributed by atoms with E-state index in [1.54, 1.807) is 6.92 Å². The summed E-state index contributed by atoms with van der Waals surface area (Å²) in [5, 5.41) is 9.00. The highest BCUT2D eigenvalue weighted by molar-refractivity contribution is 6.00. The summed E-state index contributed by atoms with van der Waals surface area (Å²) in [5.41, 5.74) is 0.822. The lowest BCUT2D eigenvalue weighted by molar-refractivity contribution is -0.146. The van der Waals surface area contributed by atoms with Gasteiger partial charge in [0.15, 0.2) is 5.78 Å². The van der Waals surface area contributed by atoms with Crippen molar-refractivity contribution in [3.05, 3.63) is 48.6 Å². The summed E-state index contributed by atoms with van der Waals surface area (Å²) < 4.78 is 5.16. The fraction of sp³-hybridized carbons (Fsp3) is 0.353. The molecule has 1 rings (SSSR count). The van der Waals surface area contributed by atoms with Crippen LogP contribution in [-0.2, 0) is 20.9 Å². The van der Waals surface area contributed by atoms with Gasteiger partial charge in [-0.25, -0.2) is 4.79 Å². The number of benzene rings is 1. The number of aliphatic carboxylic acids is 1. The number of Topliss-reactive ketones (excluding diaryl/α,β-unsaturated/α-hetero) is 1. The van der Waals surface area contributed by atoms with E-state index in [1.807, 2.05) is 30.3 Å². The Hall–Kier alpha value is -2.63. The largest absolute Gasteiger partial charge is 0.481 e. The van der Waals surface area contributed by atoms with Crippen LogP contribution < -0.4 is 0 Å². The minimum absolute atomic E-state index is 0.0810. The van der Waals surface area contributed by atoms with E-state index in [0.717, 1.165) is 10.5 Å². The molecule has 0 saturated carbocycles. The number of ether oxygens (including phenoxy) is 1. The van der Waals surface area contributed by atoms with E-state index in [0.29, 0.717) is 0 Å². The highest BCUT2D eigenvalue weighted by Crippen LogP contribution is 2.08. The smallest absolute Gasteiger partial charge is 0.410 e. The van der Waals surface area contributed by atoms with Crippen LogP contribution >= 0.6 is 0 Å². The third-order valence-electron chi connectivity index (χ3n) is 3.25. The lowest BCUT2D eigenvalue weighted by Crippen LogP contribution is -2.40. The summed E-state index contributed by atoms with van der Waals surface area (Å²) in [4.78, 5) is 36.3. The maximum absolute atomic E-state index is 12.1. The van der Waals surface area contributed by atoms with Crippen LogP contribution in [0.5, 0.6) is 0 Å². The van der Waals surface area contributed by atoms with Crippen LogP contribution in [0.3, 0.4) is 0 Å². The van der Waals surface area contributed by atoms with Crippen LogP contribution in [0, 0.1) is 5.92 Å². The predicted octanol–water partition coefficient (Wildman–Crippen LogP) is 2.49. The van der Waals surface area contributed by atoms with Gasteiger partial charge in [-0.15, -0.1) is 6.58 Å². The fourth-order valence-electron chi connectivity index (χ4n) is 2.01. The Morgan fingerprint density at radius 3 is 2.48 bits per heavy atom. The van der Waals surface area contributed by atoms with Crippen molar-refractivity contribution in [1.82, 2.24) is 4.90 Å². The summed E-state index contributed by atoms with van der Waals surface area (Å²) in [6.07, 6.45) is 0.954. The van der Waals surface area contributed by atoms with Crippen LogP contribution in [0.2, 0.25) is 0 Å². The Morgan fingerprint density at radius 2 is 1.96 bits per heavy atom. The zero-order valence-electron chi connectivity index (χ0n) is 13.1. The van der Waals surface area contributed by atoms with Gasteiger partial charge in [-0.2, -0.15) is 0 Å². The molecule has 0 aliphatic rings.